The maximum atomic E-state index is 5.52. The Hall–Kier alpha value is -0.0800. The lowest BCUT2D eigenvalue weighted by atomic mass is 9.79. The maximum Gasteiger partial charge on any atom is 0.0468 e. The summed E-state index contributed by atoms with van der Waals surface area (Å²) in [6, 6.07) is 0.881. The zero-order chi connectivity index (χ0) is 12.9. The van der Waals surface area contributed by atoms with Gasteiger partial charge in [-0.2, -0.15) is 0 Å². The van der Waals surface area contributed by atoms with Crippen LogP contribution in [0.4, 0.5) is 0 Å². The van der Waals surface area contributed by atoms with Gasteiger partial charge in [-0.1, -0.05) is 25.7 Å². The van der Waals surface area contributed by atoms with Crippen LogP contribution in [0.2, 0.25) is 0 Å². The van der Waals surface area contributed by atoms with Crippen molar-refractivity contribution in [2.24, 2.45) is 17.8 Å². The molecule has 1 N–H and O–H groups in total. The molecule has 0 aromatic rings. The molecule has 2 unspecified atom stereocenters. The monoisotopic (exact) mass is 265 g/mol. The predicted molar refractivity (Wildman–Crippen MR) is 79.2 cm³/mol. The van der Waals surface area contributed by atoms with E-state index in [-0.39, 0.29) is 0 Å². The first-order valence-electron chi connectivity index (χ1n) is 8.73. The lowest BCUT2D eigenvalue weighted by Gasteiger charge is -2.31. The fraction of sp³-hybridized carbons (Fsp3) is 1.00. The normalized spacial score (nSPS) is 34.1. The highest BCUT2D eigenvalue weighted by atomic mass is 16.5. The molecule has 2 nitrogen and oxygen atoms in total. The molecule has 1 heterocycles. The van der Waals surface area contributed by atoms with Crippen LogP contribution >= 0.6 is 0 Å². The molecule has 3 rings (SSSR count). The Morgan fingerprint density at radius 2 is 1.53 bits per heavy atom. The van der Waals surface area contributed by atoms with Gasteiger partial charge in [0.15, 0.2) is 0 Å². The summed E-state index contributed by atoms with van der Waals surface area (Å²) in [4.78, 5) is 0. The number of hydrogen-bond donors (Lipinski definition) is 1. The molecule has 1 saturated heterocycles. The third kappa shape index (κ3) is 4.46. The van der Waals surface area contributed by atoms with Crippen LogP contribution in [-0.4, -0.2) is 25.8 Å². The van der Waals surface area contributed by atoms with Gasteiger partial charge in [0.05, 0.1) is 0 Å². The summed E-state index contributed by atoms with van der Waals surface area (Å²) in [5.74, 6) is 2.92. The Morgan fingerprint density at radius 1 is 0.789 bits per heavy atom. The molecule has 0 radical (unpaired) electrons. The fourth-order valence-corrected chi connectivity index (χ4v) is 4.06. The number of rotatable bonds is 5. The van der Waals surface area contributed by atoms with E-state index in [1.54, 1.807) is 0 Å². The molecule has 1 aliphatic heterocycles. The van der Waals surface area contributed by atoms with E-state index in [1.807, 2.05) is 0 Å². The van der Waals surface area contributed by atoms with Crippen molar-refractivity contribution < 1.29 is 4.74 Å². The van der Waals surface area contributed by atoms with Crippen molar-refractivity contribution in [2.75, 3.05) is 19.8 Å². The van der Waals surface area contributed by atoms with Gasteiger partial charge in [-0.3, -0.25) is 0 Å². The molecular formula is C17H31NO. The Morgan fingerprint density at radius 3 is 2.26 bits per heavy atom. The Labute approximate surface area is 118 Å². The van der Waals surface area contributed by atoms with E-state index >= 15 is 0 Å². The minimum atomic E-state index is 0.881. The predicted octanol–water partition coefficient (Wildman–Crippen LogP) is 3.75. The van der Waals surface area contributed by atoms with Crippen LogP contribution in [0, 0.1) is 17.8 Å². The second-order valence-corrected chi connectivity index (χ2v) is 7.13. The molecule has 0 amide bonds. The molecule has 3 fully saturated rings. The zero-order valence-electron chi connectivity index (χ0n) is 12.4. The highest BCUT2D eigenvalue weighted by Gasteiger charge is 2.29. The summed E-state index contributed by atoms with van der Waals surface area (Å²) >= 11 is 0. The first kappa shape index (κ1) is 13.9. The summed E-state index contributed by atoms with van der Waals surface area (Å²) < 4.78 is 5.52. The van der Waals surface area contributed by atoms with Crippen LogP contribution in [-0.2, 0) is 4.74 Å². The third-order valence-corrected chi connectivity index (χ3v) is 5.54. The second-order valence-electron chi connectivity index (χ2n) is 7.13. The van der Waals surface area contributed by atoms with E-state index in [0.717, 1.165) is 37.0 Å². The zero-order valence-corrected chi connectivity index (χ0v) is 12.4. The molecule has 2 atom stereocenters. The van der Waals surface area contributed by atoms with Crippen LogP contribution in [0.25, 0.3) is 0 Å². The molecule has 0 aromatic carbocycles. The largest absolute Gasteiger partial charge is 0.381 e. The third-order valence-electron chi connectivity index (χ3n) is 5.54. The van der Waals surface area contributed by atoms with Gasteiger partial charge >= 0.3 is 0 Å². The SMILES string of the molecule is C1CCC(CNC2CC2)C(CC2CCOCC2)CC1. The van der Waals surface area contributed by atoms with E-state index < -0.39 is 0 Å². The minimum Gasteiger partial charge on any atom is -0.381 e. The van der Waals surface area contributed by atoms with Gasteiger partial charge in [0.2, 0.25) is 0 Å². The first-order valence-corrected chi connectivity index (χ1v) is 8.73. The van der Waals surface area contributed by atoms with Crippen LogP contribution in [0.15, 0.2) is 0 Å². The smallest absolute Gasteiger partial charge is 0.0468 e. The molecule has 0 spiro atoms. The standard InChI is InChI=1S/C17H31NO/c1-2-4-15(12-14-8-10-19-11-9-14)16(5-3-1)13-18-17-6-7-17/h14-18H,1-13H2. The van der Waals surface area contributed by atoms with Crippen LogP contribution < -0.4 is 5.32 Å². The summed E-state index contributed by atoms with van der Waals surface area (Å²) in [6.45, 7) is 3.34. The quantitative estimate of drug-likeness (QED) is 0.764. The molecule has 110 valence electrons. The highest BCUT2D eigenvalue weighted by Crippen LogP contribution is 2.36. The first-order chi connectivity index (χ1) is 9.42. The van der Waals surface area contributed by atoms with E-state index in [2.05, 4.69) is 5.32 Å². The number of ether oxygens (including phenoxy) is 1. The lowest BCUT2D eigenvalue weighted by Crippen LogP contribution is -2.31. The van der Waals surface area contributed by atoms with Gasteiger partial charge in [0.1, 0.15) is 0 Å². The van der Waals surface area contributed by atoms with Gasteiger partial charge in [-0.15, -0.1) is 0 Å². The van der Waals surface area contributed by atoms with Gasteiger partial charge < -0.3 is 10.1 Å². The Kier molecular flexibility index (Phi) is 5.17. The Bertz CT molecular complexity index is 258. The van der Waals surface area contributed by atoms with Crippen LogP contribution in [0.1, 0.15) is 64.2 Å². The van der Waals surface area contributed by atoms with E-state index in [1.165, 1.54) is 70.8 Å². The van der Waals surface area contributed by atoms with Crippen molar-refractivity contribution in [3.63, 3.8) is 0 Å². The van der Waals surface area contributed by atoms with E-state index in [4.69, 9.17) is 4.74 Å². The van der Waals surface area contributed by atoms with Gasteiger partial charge in [-0.25, -0.2) is 0 Å². The van der Waals surface area contributed by atoms with Crippen molar-refractivity contribution in [2.45, 2.75) is 70.3 Å². The van der Waals surface area contributed by atoms with Gasteiger partial charge in [0.25, 0.3) is 0 Å². The van der Waals surface area contributed by atoms with Gasteiger partial charge in [-0.05, 0) is 62.8 Å². The number of nitrogens with one attached hydrogen (secondary N) is 1. The highest BCUT2D eigenvalue weighted by molar-refractivity contribution is 4.85. The summed E-state index contributed by atoms with van der Waals surface area (Å²) in [7, 11) is 0. The summed E-state index contributed by atoms with van der Waals surface area (Å²) in [5.41, 5.74) is 0. The molecule has 0 aromatic heterocycles. The van der Waals surface area contributed by atoms with E-state index in [0.29, 0.717) is 0 Å². The topological polar surface area (TPSA) is 21.3 Å². The van der Waals surface area contributed by atoms with Gasteiger partial charge in [0, 0.05) is 19.3 Å². The van der Waals surface area contributed by atoms with Crippen molar-refractivity contribution in [3.05, 3.63) is 0 Å². The molecular weight excluding hydrogens is 234 g/mol. The van der Waals surface area contributed by atoms with Crippen molar-refractivity contribution in [3.8, 4) is 0 Å². The minimum absolute atomic E-state index is 0.881. The molecule has 2 aliphatic carbocycles. The van der Waals surface area contributed by atoms with E-state index in [9.17, 15) is 0 Å². The van der Waals surface area contributed by atoms with Crippen molar-refractivity contribution in [1.82, 2.24) is 5.32 Å². The summed E-state index contributed by atoms with van der Waals surface area (Å²) in [6.07, 6.45) is 14.4. The molecule has 0 bridgehead atoms. The number of hydrogen-bond acceptors (Lipinski definition) is 2. The average molecular weight is 265 g/mol. The molecule has 2 heteroatoms. The molecule has 19 heavy (non-hydrogen) atoms. The Balaban J connectivity index is 1.50. The lowest BCUT2D eigenvalue weighted by molar-refractivity contribution is 0.0538. The van der Waals surface area contributed by atoms with Crippen LogP contribution in [0.3, 0.4) is 0 Å². The van der Waals surface area contributed by atoms with Crippen molar-refractivity contribution >= 4 is 0 Å². The summed E-state index contributed by atoms with van der Waals surface area (Å²) in [5, 5.41) is 3.80. The maximum absolute atomic E-state index is 5.52. The fourth-order valence-electron chi connectivity index (χ4n) is 4.06. The van der Waals surface area contributed by atoms with Crippen LogP contribution in [0.5, 0.6) is 0 Å². The van der Waals surface area contributed by atoms with Crippen molar-refractivity contribution in [1.29, 1.82) is 0 Å². The molecule has 2 saturated carbocycles. The second kappa shape index (κ2) is 7.08. The average Bonchev–Trinajstić information content (AvgIpc) is 3.26. The molecule has 3 aliphatic rings.